The molecule has 2 aliphatic heterocycles. The molecular weight excluding hydrogens is 234 g/mol. The summed E-state index contributed by atoms with van der Waals surface area (Å²) in [5, 5.41) is 5.88. The molecule has 2 rings (SSSR count). The maximum Gasteiger partial charge on any atom is 0.249 e. The highest BCUT2D eigenvalue weighted by Crippen LogP contribution is 2.20. The van der Waals surface area contributed by atoms with Gasteiger partial charge in [-0.15, -0.1) is 0 Å². The number of rotatable bonds is 3. The van der Waals surface area contributed by atoms with Crippen LogP contribution >= 0.6 is 0 Å². The average Bonchev–Trinajstić information content (AvgIpc) is 2.27. The molecule has 0 aliphatic carbocycles. The van der Waals surface area contributed by atoms with Crippen LogP contribution in [0.2, 0.25) is 0 Å². The van der Waals surface area contributed by atoms with Gasteiger partial charge in [-0.25, -0.2) is 0 Å². The minimum absolute atomic E-state index is 0.0366. The summed E-state index contributed by atoms with van der Waals surface area (Å²) in [6.45, 7) is 8.11. The van der Waals surface area contributed by atoms with Gasteiger partial charge >= 0.3 is 0 Å². The van der Waals surface area contributed by atoms with E-state index >= 15 is 0 Å². The smallest absolute Gasteiger partial charge is 0.249 e. The van der Waals surface area contributed by atoms with Crippen molar-refractivity contribution in [3.63, 3.8) is 0 Å². The first-order chi connectivity index (χ1) is 8.35. The number of hydrogen-bond acceptors (Lipinski definition) is 4. The van der Waals surface area contributed by atoms with E-state index in [1.54, 1.807) is 18.7 Å². The molecule has 0 radical (unpaired) electrons. The number of piperazine rings is 1. The second kappa shape index (κ2) is 4.51. The Morgan fingerprint density at radius 2 is 2.06 bits per heavy atom. The maximum atomic E-state index is 12.1. The van der Waals surface area contributed by atoms with Gasteiger partial charge in [-0.2, -0.15) is 0 Å². The predicted molar refractivity (Wildman–Crippen MR) is 66.0 cm³/mol. The molecule has 0 aromatic heterocycles. The molecule has 2 heterocycles. The van der Waals surface area contributed by atoms with Gasteiger partial charge in [0.1, 0.15) is 12.1 Å². The topological polar surface area (TPSA) is 70.7 Å². The molecule has 2 N–H and O–H groups in total. The zero-order chi connectivity index (χ0) is 13.4. The summed E-state index contributed by atoms with van der Waals surface area (Å²) in [5.74, 6) is -0.235. The zero-order valence-electron chi connectivity index (χ0n) is 11.2. The fraction of sp³-hybridized carbons (Fsp3) is 0.833. The van der Waals surface area contributed by atoms with Crippen LogP contribution in [0.25, 0.3) is 0 Å². The first-order valence-electron chi connectivity index (χ1n) is 6.29. The molecule has 0 spiro atoms. The van der Waals surface area contributed by atoms with E-state index in [4.69, 9.17) is 4.74 Å². The molecule has 102 valence electrons. The Bertz CT molecular complexity index is 364. The van der Waals surface area contributed by atoms with E-state index in [9.17, 15) is 9.59 Å². The zero-order valence-corrected chi connectivity index (χ0v) is 11.2. The van der Waals surface area contributed by atoms with Crippen LogP contribution in [0.1, 0.15) is 20.8 Å². The van der Waals surface area contributed by atoms with Crippen molar-refractivity contribution in [1.29, 1.82) is 0 Å². The number of carbonyl (C=O) groups excluding carboxylic acids is 2. The van der Waals surface area contributed by atoms with Crippen molar-refractivity contribution in [3.8, 4) is 0 Å². The van der Waals surface area contributed by atoms with Gasteiger partial charge in [0.2, 0.25) is 11.8 Å². The van der Waals surface area contributed by atoms with E-state index in [1.165, 1.54) is 0 Å². The molecule has 0 saturated carbocycles. The Hall–Kier alpha value is -1.14. The van der Waals surface area contributed by atoms with Crippen LogP contribution in [0.4, 0.5) is 0 Å². The molecule has 0 aromatic rings. The molecule has 18 heavy (non-hydrogen) atoms. The van der Waals surface area contributed by atoms with Gasteiger partial charge in [0, 0.05) is 26.2 Å². The van der Waals surface area contributed by atoms with Crippen LogP contribution in [-0.2, 0) is 14.3 Å². The highest BCUT2D eigenvalue weighted by Gasteiger charge is 2.41. The van der Waals surface area contributed by atoms with Crippen LogP contribution in [0.5, 0.6) is 0 Å². The summed E-state index contributed by atoms with van der Waals surface area (Å²) in [6, 6.07) is 0. The molecule has 6 heteroatoms. The fourth-order valence-electron chi connectivity index (χ4n) is 2.23. The van der Waals surface area contributed by atoms with Gasteiger partial charge in [0.15, 0.2) is 0 Å². The van der Waals surface area contributed by atoms with Crippen molar-refractivity contribution in [3.05, 3.63) is 0 Å². The Kier molecular flexibility index (Phi) is 3.33. The lowest BCUT2D eigenvalue weighted by Gasteiger charge is -2.43. The second-order valence-electron chi connectivity index (χ2n) is 5.70. The maximum absolute atomic E-state index is 12.1. The van der Waals surface area contributed by atoms with Gasteiger partial charge in [-0.05, 0) is 20.8 Å². The van der Waals surface area contributed by atoms with E-state index in [2.05, 4.69) is 10.6 Å². The highest BCUT2D eigenvalue weighted by molar-refractivity contribution is 5.92. The summed E-state index contributed by atoms with van der Waals surface area (Å²) < 4.78 is 5.62. The van der Waals surface area contributed by atoms with E-state index < -0.39 is 5.54 Å². The molecule has 2 fully saturated rings. The lowest BCUT2D eigenvalue weighted by atomic mass is 9.98. The molecule has 2 amide bonds. The molecule has 0 atom stereocenters. The Morgan fingerprint density at radius 3 is 2.61 bits per heavy atom. The van der Waals surface area contributed by atoms with Crippen LogP contribution in [-0.4, -0.2) is 60.6 Å². The SMILES string of the molecule is CC1(OCC(=O)N2CCNC(=O)C2(C)C)CNC1. The van der Waals surface area contributed by atoms with Crippen molar-refractivity contribution in [1.82, 2.24) is 15.5 Å². The second-order valence-corrected chi connectivity index (χ2v) is 5.70. The van der Waals surface area contributed by atoms with Crippen LogP contribution < -0.4 is 10.6 Å². The summed E-state index contributed by atoms with van der Waals surface area (Å²) in [5.41, 5.74) is -1.03. The standard InChI is InChI=1S/C12H21N3O3/c1-11(2)10(17)14-4-5-15(11)9(16)6-18-12(3)7-13-8-12/h13H,4-8H2,1-3H3,(H,14,17). The molecule has 0 aromatic carbocycles. The van der Waals surface area contributed by atoms with Crippen LogP contribution in [0, 0.1) is 0 Å². The minimum Gasteiger partial charge on any atom is -0.363 e. The molecule has 6 nitrogen and oxygen atoms in total. The quantitative estimate of drug-likeness (QED) is 0.686. The van der Waals surface area contributed by atoms with E-state index in [0.717, 1.165) is 13.1 Å². The van der Waals surface area contributed by atoms with Gasteiger partial charge in [-0.1, -0.05) is 0 Å². The molecule has 2 saturated heterocycles. The third kappa shape index (κ3) is 2.35. The van der Waals surface area contributed by atoms with Crippen molar-refractivity contribution in [2.75, 3.05) is 32.8 Å². The molecule has 2 aliphatic rings. The summed E-state index contributed by atoms with van der Waals surface area (Å²) in [7, 11) is 0. The number of ether oxygens (including phenoxy) is 1. The van der Waals surface area contributed by atoms with E-state index in [1.807, 2.05) is 6.92 Å². The molecule has 0 bridgehead atoms. The number of hydrogen-bond donors (Lipinski definition) is 2. The fourth-order valence-corrected chi connectivity index (χ4v) is 2.23. The summed E-state index contributed by atoms with van der Waals surface area (Å²) in [4.78, 5) is 25.5. The third-order valence-electron chi connectivity index (χ3n) is 3.69. The Morgan fingerprint density at radius 1 is 1.39 bits per heavy atom. The van der Waals surface area contributed by atoms with Crippen molar-refractivity contribution < 1.29 is 14.3 Å². The monoisotopic (exact) mass is 255 g/mol. The molecule has 0 unspecified atom stereocenters. The first kappa shape index (κ1) is 13.3. The largest absolute Gasteiger partial charge is 0.363 e. The first-order valence-corrected chi connectivity index (χ1v) is 6.29. The Labute approximate surface area is 107 Å². The number of nitrogens with one attached hydrogen (secondary N) is 2. The summed E-state index contributed by atoms with van der Waals surface area (Å²) in [6.07, 6.45) is 0. The Balaban J connectivity index is 1.93. The predicted octanol–water partition coefficient (Wildman–Crippen LogP) is -0.898. The average molecular weight is 255 g/mol. The van der Waals surface area contributed by atoms with E-state index in [-0.39, 0.29) is 24.0 Å². The summed E-state index contributed by atoms with van der Waals surface area (Å²) >= 11 is 0. The lowest BCUT2D eigenvalue weighted by Crippen LogP contribution is -2.65. The number of nitrogens with zero attached hydrogens (tertiary/aromatic N) is 1. The number of carbonyl (C=O) groups is 2. The molecular formula is C12H21N3O3. The number of amides is 2. The van der Waals surface area contributed by atoms with Gasteiger partial charge in [0.25, 0.3) is 0 Å². The van der Waals surface area contributed by atoms with Crippen LogP contribution in [0.15, 0.2) is 0 Å². The third-order valence-corrected chi connectivity index (χ3v) is 3.69. The van der Waals surface area contributed by atoms with Crippen molar-refractivity contribution in [2.24, 2.45) is 0 Å². The van der Waals surface area contributed by atoms with Crippen molar-refractivity contribution >= 4 is 11.8 Å². The minimum atomic E-state index is -0.794. The lowest BCUT2D eigenvalue weighted by molar-refractivity contribution is -0.158. The van der Waals surface area contributed by atoms with Gasteiger partial charge < -0.3 is 20.3 Å². The van der Waals surface area contributed by atoms with Gasteiger partial charge in [0.05, 0.1) is 5.60 Å². The van der Waals surface area contributed by atoms with E-state index in [0.29, 0.717) is 13.1 Å². The van der Waals surface area contributed by atoms with Crippen molar-refractivity contribution in [2.45, 2.75) is 31.9 Å². The normalized spacial score (nSPS) is 25.3. The highest BCUT2D eigenvalue weighted by atomic mass is 16.5. The van der Waals surface area contributed by atoms with Crippen LogP contribution in [0.3, 0.4) is 0 Å². The van der Waals surface area contributed by atoms with Gasteiger partial charge in [-0.3, -0.25) is 9.59 Å².